The Bertz CT molecular complexity index is 663. The van der Waals surface area contributed by atoms with E-state index in [1.165, 1.54) is 4.88 Å². The van der Waals surface area contributed by atoms with E-state index in [1.54, 1.807) is 18.4 Å². The topological polar surface area (TPSA) is 88.2 Å². The molecule has 23 heavy (non-hydrogen) atoms. The van der Waals surface area contributed by atoms with Crippen LogP contribution >= 0.6 is 11.3 Å². The number of nitrogens with zero attached hydrogens (tertiary/aromatic N) is 4. The van der Waals surface area contributed by atoms with Gasteiger partial charge in [0.1, 0.15) is 5.01 Å². The molecule has 0 spiro atoms. The third-order valence-corrected chi connectivity index (χ3v) is 4.30. The maximum atomic E-state index is 5.27. The predicted molar refractivity (Wildman–Crippen MR) is 91.6 cm³/mol. The molecule has 126 valence electrons. The Labute approximate surface area is 140 Å². The first-order valence-corrected chi connectivity index (χ1v) is 8.31. The summed E-state index contributed by atoms with van der Waals surface area (Å²) in [4.78, 5) is 14.3. The van der Waals surface area contributed by atoms with Crippen molar-refractivity contribution in [2.45, 2.75) is 53.1 Å². The summed E-state index contributed by atoms with van der Waals surface area (Å²) >= 11 is 1.69. The highest BCUT2D eigenvalue weighted by Crippen LogP contribution is 2.19. The van der Waals surface area contributed by atoms with Gasteiger partial charge in [-0.25, -0.2) is 4.98 Å². The van der Waals surface area contributed by atoms with E-state index in [9.17, 15) is 0 Å². The lowest BCUT2D eigenvalue weighted by Gasteiger charge is -2.10. The molecule has 0 bridgehead atoms. The minimum atomic E-state index is -0.147. The van der Waals surface area contributed by atoms with Crippen molar-refractivity contribution in [3.8, 4) is 0 Å². The van der Waals surface area contributed by atoms with Gasteiger partial charge in [-0.2, -0.15) is 4.98 Å². The minimum Gasteiger partial charge on any atom is -0.350 e. The van der Waals surface area contributed by atoms with Crippen LogP contribution in [-0.2, 0) is 18.5 Å². The quantitative estimate of drug-likeness (QED) is 0.658. The van der Waals surface area contributed by atoms with Gasteiger partial charge < -0.3 is 15.2 Å². The zero-order chi connectivity index (χ0) is 17.0. The lowest BCUT2D eigenvalue weighted by molar-refractivity contribution is 0.318. The van der Waals surface area contributed by atoms with Crippen molar-refractivity contribution in [3.05, 3.63) is 27.3 Å². The molecule has 0 amide bonds. The minimum absolute atomic E-state index is 0.147. The number of aliphatic imine (C=N–C) groups is 1. The van der Waals surface area contributed by atoms with Gasteiger partial charge in [-0.1, -0.05) is 25.9 Å². The van der Waals surface area contributed by atoms with Gasteiger partial charge in [0.05, 0.1) is 18.8 Å². The summed E-state index contributed by atoms with van der Waals surface area (Å²) in [5.74, 6) is 1.92. The van der Waals surface area contributed by atoms with Crippen molar-refractivity contribution in [1.29, 1.82) is 0 Å². The molecule has 7 nitrogen and oxygen atoms in total. The van der Waals surface area contributed by atoms with Crippen LogP contribution in [0, 0.1) is 13.8 Å². The van der Waals surface area contributed by atoms with Crippen molar-refractivity contribution < 1.29 is 4.52 Å². The maximum absolute atomic E-state index is 5.27. The summed E-state index contributed by atoms with van der Waals surface area (Å²) in [6.07, 6.45) is 0. The van der Waals surface area contributed by atoms with Crippen LogP contribution in [0.2, 0.25) is 0 Å². The lowest BCUT2D eigenvalue weighted by Crippen LogP contribution is -2.36. The fourth-order valence-electron chi connectivity index (χ4n) is 1.79. The van der Waals surface area contributed by atoms with Gasteiger partial charge in [0.15, 0.2) is 11.8 Å². The predicted octanol–water partition coefficient (Wildman–Crippen LogP) is 2.31. The Morgan fingerprint density at radius 2 is 1.87 bits per heavy atom. The Hall–Kier alpha value is -1.96. The number of thiazole rings is 1. The van der Waals surface area contributed by atoms with Crippen molar-refractivity contribution in [2.24, 2.45) is 4.99 Å². The van der Waals surface area contributed by atoms with Crippen molar-refractivity contribution in [3.63, 3.8) is 0 Å². The summed E-state index contributed by atoms with van der Waals surface area (Å²) in [5, 5.41) is 11.4. The molecule has 0 saturated carbocycles. The molecule has 0 unspecified atom stereocenters. The van der Waals surface area contributed by atoms with Crippen LogP contribution in [0.4, 0.5) is 0 Å². The molecule has 2 N–H and O–H groups in total. The molecule has 0 atom stereocenters. The summed E-state index contributed by atoms with van der Waals surface area (Å²) in [5.41, 5.74) is 0.933. The van der Waals surface area contributed by atoms with Crippen LogP contribution in [-0.4, -0.2) is 28.1 Å². The highest BCUT2D eigenvalue weighted by molar-refractivity contribution is 7.11. The maximum Gasteiger partial charge on any atom is 0.232 e. The Balaban J connectivity index is 1.86. The zero-order valence-electron chi connectivity index (χ0n) is 14.5. The van der Waals surface area contributed by atoms with Crippen LogP contribution in [0.15, 0.2) is 9.52 Å². The van der Waals surface area contributed by atoms with E-state index < -0.39 is 0 Å². The molecule has 2 rings (SSSR count). The monoisotopic (exact) mass is 336 g/mol. The number of rotatable bonds is 4. The van der Waals surface area contributed by atoms with E-state index >= 15 is 0 Å². The zero-order valence-corrected chi connectivity index (χ0v) is 15.3. The van der Waals surface area contributed by atoms with Crippen molar-refractivity contribution >= 4 is 17.3 Å². The molecule has 0 aromatic carbocycles. The van der Waals surface area contributed by atoms with Crippen LogP contribution < -0.4 is 10.6 Å². The largest absolute Gasteiger partial charge is 0.350 e. The third-order valence-electron chi connectivity index (χ3n) is 3.23. The van der Waals surface area contributed by atoms with E-state index in [2.05, 4.69) is 37.7 Å². The van der Waals surface area contributed by atoms with Crippen LogP contribution in [0.25, 0.3) is 0 Å². The first-order valence-electron chi connectivity index (χ1n) is 7.50. The van der Waals surface area contributed by atoms with Gasteiger partial charge in [-0.3, -0.25) is 4.99 Å². The second-order valence-corrected chi connectivity index (χ2v) is 7.58. The molecule has 2 aromatic rings. The fraction of sp³-hybridized carbons (Fsp3) is 0.600. The van der Waals surface area contributed by atoms with Crippen LogP contribution in [0.5, 0.6) is 0 Å². The normalized spacial score (nSPS) is 12.5. The highest BCUT2D eigenvalue weighted by Gasteiger charge is 2.21. The molecule has 2 aromatic heterocycles. The van der Waals surface area contributed by atoms with E-state index in [1.807, 2.05) is 27.7 Å². The number of hydrogen-bond donors (Lipinski definition) is 2. The first kappa shape index (κ1) is 17.4. The molecule has 0 saturated heterocycles. The molecule has 0 fully saturated rings. The third kappa shape index (κ3) is 4.75. The second-order valence-electron chi connectivity index (χ2n) is 6.29. The number of aromatic nitrogens is 3. The van der Waals surface area contributed by atoms with Gasteiger partial charge >= 0.3 is 0 Å². The molecule has 0 aliphatic carbocycles. The number of guanidine groups is 1. The molecule has 0 aliphatic heterocycles. The van der Waals surface area contributed by atoms with Gasteiger partial charge in [-0.05, 0) is 13.8 Å². The first-order chi connectivity index (χ1) is 10.8. The van der Waals surface area contributed by atoms with E-state index in [0.717, 1.165) is 10.7 Å². The van der Waals surface area contributed by atoms with Gasteiger partial charge in [0.2, 0.25) is 5.89 Å². The van der Waals surface area contributed by atoms with Crippen LogP contribution in [0.1, 0.15) is 48.1 Å². The average Bonchev–Trinajstić information content (AvgIpc) is 3.06. The second kappa shape index (κ2) is 7.08. The summed E-state index contributed by atoms with van der Waals surface area (Å²) in [6.45, 7) is 11.3. The summed E-state index contributed by atoms with van der Waals surface area (Å²) in [7, 11) is 1.73. The van der Waals surface area contributed by atoms with E-state index in [4.69, 9.17) is 4.52 Å². The lowest BCUT2D eigenvalue weighted by atomic mass is 9.97. The van der Waals surface area contributed by atoms with E-state index in [0.29, 0.717) is 30.8 Å². The van der Waals surface area contributed by atoms with Gasteiger partial charge in [0, 0.05) is 17.3 Å². The Kier molecular flexibility index (Phi) is 5.35. The van der Waals surface area contributed by atoms with Crippen molar-refractivity contribution in [1.82, 2.24) is 25.8 Å². The van der Waals surface area contributed by atoms with Gasteiger partial charge in [0.25, 0.3) is 0 Å². The average molecular weight is 336 g/mol. The Morgan fingerprint density at radius 3 is 2.39 bits per heavy atom. The standard InChI is InChI=1S/C15H24N6OS/c1-9-10(2)23-12(19-9)8-18-14(16-6)17-7-11-20-13(22-21-11)15(3,4)5/h7-8H2,1-6H3,(H2,16,17,18). The van der Waals surface area contributed by atoms with Gasteiger partial charge in [-0.15, -0.1) is 11.3 Å². The van der Waals surface area contributed by atoms with E-state index in [-0.39, 0.29) is 5.41 Å². The highest BCUT2D eigenvalue weighted by atomic mass is 32.1. The SMILES string of the molecule is CN=C(NCc1noc(C(C)(C)C)n1)NCc1nc(C)c(C)s1. The number of aryl methyl sites for hydroxylation is 2. The molecule has 0 aliphatic rings. The molecule has 8 heteroatoms. The number of hydrogen-bond acceptors (Lipinski definition) is 6. The molecule has 2 heterocycles. The molecular weight excluding hydrogens is 312 g/mol. The summed E-state index contributed by atoms with van der Waals surface area (Å²) < 4.78 is 5.27. The molecule has 0 radical (unpaired) electrons. The Morgan fingerprint density at radius 1 is 1.17 bits per heavy atom. The fourth-order valence-corrected chi connectivity index (χ4v) is 2.66. The van der Waals surface area contributed by atoms with Crippen molar-refractivity contribution in [2.75, 3.05) is 7.05 Å². The number of nitrogens with one attached hydrogen (secondary N) is 2. The van der Waals surface area contributed by atoms with Crippen LogP contribution in [0.3, 0.4) is 0 Å². The smallest absolute Gasteiger partial charge is 0.232 e. The summed E-state index contributed by atoms with van der Waals surface area (Å²) in [6, 6.07) is 0. The molecular formula is C15H24N6OS.